The molecule has 0 saturated carbocycles. The first-order chi connectivity index (χ1) is 6.11. The molecule has 1 aromatic carbocycles. The smallest absolute Gasteiger partial charge is 0.130 e. The summed E-state index contributed by atoms with van der Waals surface area (Å²) in [6.45, 7) is 3.39. The van der Waals surface area contributed by atoms with Crippen LogP contribution in [-0.2, 0) is 4.79 Å². The number of hydrogen-bond acceptors (Lipinski definition) is 1. The Morgan fingerprint density at radius 1 is 1.46 bits per heavy atom. The van der Waals surface area contributed by atoms with Gasteiger partial charge in [-0.3, -0.25) is 0 Å². The summed E-state index contributed by atoms with van der Waals surface area (Å²) in [5.74, 6) is -0.161. The van der Waals surface area contributed by atoms with Crippen LogP contribution in [0, 0.1) is 5.82 Å². The van der Waals surface area contributed by atoms with Crippen LogP contribution in [0.4, 0.5) is 4.39 Å². The Labute approximate surface area is 77.6 Å². The molecule has 1 nitrogen and oxygen atoms in total. The maximum Gasteiger partial charge on any atom is 0.130 e. The molecule has 2 heteroatoms. The van der Waals surface area contributed by atoms with Crippen LogP contribution in [0.3, 0.4) is 0 Å². The van der Waals surface area contributed by atoms with Crippen molar-refractivity contribution in [2.75, 3.05) is 0 Å². The summed E-state index contributed by atoms with van der Waals surface area (Å²) >= 11 is 0. The molecule has 0 aliphatic rings. The second kappa shape index (κ2) is 4.17. The fraction of sp³-hybridized carbons (Fsp3) is 0.364. The summed E-state index contributed by atoms with van der Waals surface area (Å²) in [4.78, 5) is 10.8. The van der Waals surface area contributed by atoms with E-state index in [0.717, 1.165) is 0 Å². The highest BCUT2D eigenvalue weighted by molar-refractivity contribution is 5.76. The van der Waals surface area contributed by atoms with Gasteiger partial charge in [0.05, 0.1) is 0 Å². The zero-order valence-electron chi connectivity index (χ0n) is 7.88. The maximum atomic E-state index is 13.2. The number of ketones is 1. The maximum absolute atomic E-state index is 13.2. The van der Waals surface area contributed by atoms with E-state index in [1.54, 1.807) is 18.2 Å². The molecule has 0 amide bonds. The molecule has 0 unspecified atom stereocenters. The molecule has 13 heavy (non-hydrogen) atoms. The third-order valence-electron chi connectivity index (χ3n) is 2.03. The minimum atomic E-state index is -0.226. The Hall–Kier alpha value is -1.18. The third kappa shape index (κ3) is 2.65. The predicted molar refractivity (Wildman–Crippen MR) is 50.1 cm³/mol. The summed E-state index contributed by atoms with van der Waals surface area (Å²) in [5.41, 5.74) is 0.623. The van der Waals surface area contributed by atoms with Crippen molar-refractivity contribution < 1.29 is 9.18 Å². The van der Waals surface area contributed by atoms with Crippen LogP contribution in [0.15, 0.2) is 24.3 Å². The van der Waals surface area contributed by atoms with Crippen molar-refractivity contribution in [3.8, 4) is 0 Å². The zero-order chi connectivity index (χ0) is 9.84. The van der Waals surface area contributed by atoms with Gasteiger partial charge >= 0.3 is 0 Å². The van der Waals surface area contributed by atoms with Gasteiger partial charge in [0.2, 0.25) is 0 Å². The Bertz CT molecular complexity index is 307. The van der Waals surface area contributed by atoms with Crippen LogP contribution in [0.5, 0.6) is 0 Å². The van der Waals surface area contributed by atoms with Gasteiger partial charge in [0.25, 0.3) is 0 Å². The molecule has 0 saturated heterocycles. The standard InChI is InChI=1S/C11H13FO/c1-8(7-9(2)13)10-5-3-4-6-11(10)12/h3-6,8H,7H2,1-2H3/t8-/m0/s1. The molecule has 0 aromatic heterocycles. The molecule has 0 spiro atoms. The van der Waals surface area contributed by atoms with Gasteiger partial charge in [0.15, 0.2) is 0 Å². The van der Waals surface area contributed by atoms with Crippen LogP contribution < -0.4 is 0 Å². The van der Waals surface area contributed by atoms with Crippen LogP contribution in [-0.4, -0.2) is 5.78 Å². The lowest BCUT2D eigenvalue weighted by Crippen LogP contribution is -2.02. The van der Waals surface area contributed by atoms with Gasteiger partial charge in [-0.25, -0.2) is 4.39 Å². The Balaban J connectivity index is 2.82. The lowest BCUT2D eigenvalue weighted by atomic mass is 9.96. The number of hydrogen-bond donors (Lipinski definition) is 0. The van der Waals surface area contributed by atoms with Crippen LogP contribution in [0.1, 0.15) is 31.7 Å². The lowest BCUT2D eigenvalue weighted by Gasteiger charge is -2.10. The summed E-state index contributed by atoms with van der Waals surface area (Å²) in [6, 6.07) is 6.59. The number of carbonyl (C=O) groups is 1. The highest BCUT2D eigenvalue weighted by Gasteiger charge is 2.11. The number of Topliss-reactive ketones (excluding diaryl/α,β-unsaturated/α-hetero) is 1. The van der Waals surface area contributed by atoms with Gasteiger partial charge < -0.3 is 4.79 Å². The molecular formula is C11H13FO. The summed E-state index contributed by atoms with van der Waals surface area (Å²) < 4.78 is 13.2. The van der Waals surface area contributed by atoms with Crippen molar-refractivity contribution in [1.82, 2.24) is 0 Å². The van der Waals surface area contributed by atoms with Gasteiger partial charge in [0.1, 0.15) is 11.6 Å². The minimum Gasteiger partial charge on any atom is -0.300 e. The van der Waals surface area contributed by atoms with Crippen molar-refractivity contribution in [2.24, 2.45) is 0 Å². The highest BCUT2D eigenvalue weighted by atomic mass is 19.1. The normalized spacial score (nSPS) is 12.5. The van der Waals surface area contributed by atoms with Crippen molar-refractivity contribution in [2.45, 2.75) is 26.2 Å². The summed E-state index contributed by atoms with van der Waals surface area (Å²) in [5, 5.41) is 0. The number of rotatable bonds is 3. The molecule has 70 valence electrons. The third-order valence-corrected chi connectivity index (χ3v) is 2.03. The first-order valence-corrected chi connectivity index (χ1v) is 4.35. The van der Waals surface area contributed by atoms with E-state index < -0.39 is 0 Å². The van der Waals surface area contributed by atoms with E-state index in [-0.39, 0.29) is 17.5 Å². The number of carbonyl (C=O) groups excluding carboxylic acids is 1. The van der Waals surface area contributed by atoms with Crippen molar-refractivity contribution in [1.29, 1.82) is 0 Å². The average Bonchev–Trinajstić information content (AvgIpc) is 2.03. The summed E-state index contributed by atoms with van der Waals surface area (Å²) in [6.07, 6.45) is 0.404. The van der Waals surface area contributed by atoms with Gasteiger partial charge in [-0.15, -0.1) is 0 Å². The Morgan fingerprint density at radius 3 is 2.62 bits per heavy atom. The fourth-order valence-electron chi connectivity index (χ4n) is 1.42. The van der Waals surface area contributed by atoms with E-state index in [1.165, 1.54) is 13.0 Å². The molecule has 0 bridgehead atoms. The van der Waals surface area contributed by atoms with E-state index >= 15 is 0 Å². The first kappa shape index (κ1) is 9.90. The second-order valence-electron chi connectivity index (χ2n) is 3.33. The van der Waals surface area contributed by atoms with Crippen molar-refractivity contribution in [3.05, 3.63) is 35.6 Å². The monoisotopic (exact) mass is 180 g/mol. The molecule has 1 aromatic rings. The average molecular weight is 180 g/mol. The fourth-order valence-corrected chi connectivity index (χ4v) is 1.42. The van der Waals surface area contributed by atoms with Gasteiger partial charge in [0, 0.05) is 6.42 Å². The van der Waals surface area contributed by atoms with Crippen molar-refractivity contribution in [3.63, 3.8) is 0 Å². The number of halogens is 1. The molecule has 1 atom stereocenters. The van der Waals surface area contributed by atoms with E-state index in [9.17, 15) is 9.18 Å². The highest BCUT2D eigenvalue weighted by Crippen LogP contribution is 2.21. The van der Waals surface area contributed by atoms with Gasteiger partial charge in [-0.2, -0.15) is 0 Å². The Kier molecular flexibility index (Phi) is 3.18. The van der Waals surface area contributed by atoms with E-state index in [0.29, 0.717) is 12.0 Å². The SMILES string of the molecule is CC(=O)C[C@H](C)c1ccccc1F. The topological polar surface area (TPSA) is 17.1 Å². The zero-order valence-corrected chi connectivity index (χ0v) is 7.88. The van der Waals surface area contributed by atoms with Crippen molar-refractivity contribution >= 4 is 5.78 Å². The van der Waals surface area contributed by atoms with E-state index in [4.69, 9.17) is 0 Å². The van der Waals surface area contributed by atoms with Gasteiger partial charge in [-0.05, 0) is 24.5 Å². The molecule has 0 heterocycles. The predicted octanol–water partition coefficient (Wildman–Crippen LogP) is 2.91. The van der Waals surface area contributed by atoms with Crippen LogP contribution in [0.25, 0.3) is 0 Å². The first-order valence-electron chi connectivity index (χ1n) is 4.35. The number of benzene rings is 1. The molecule has 0 N–H and O–H groups in total. The summed E-state index contributed by atoms with van der Waals surface area (Å²) in [7, 11) is 0. The minimum absolute atomic E-state index is 0.0290. The Morgan fingerprint density at radius 2 is 2.08 bits per heavy atom. The molecule has 0 aliphatic heterocycles. The molecule has 0 fully saturated rings. The van der Waals surface area contributed by atoms with E-state index in [1.807, 2.05) is 6.92 Å². The van der Waals surface area contributed by atoms with E-state index in [2.05, 4.69) is 0 Å². The lowest BCUT2D eigenvalue weighted by molar-refractivity contribution is -0.117. The quantitative estimate of drug-likeness (QED) is 0.699. The molecule has 0 aliphatic carbocycles. The van der Waals surface area contributed by atoms with Crippen LogP contribution in [0.2, 0.25) is 0 Å². The molecular weight excluding hydrogens is 167 g/mol. The largest absolute Gasteiger partial charge is 0.300 e. The molecule has 0 radical (unpaired) electrons. The molecule has 1 rings (SSSR count). The van der Waals surface area contributed by atoms with Crippen LogP contribution >= 0.6 is 0 Å². The second-order valence-corrected chi connectivity index (χ2v) is 3.33. The van der Waals surface area contributed by atoms with Gasteiger partial charge in [-0.1, -0.05) is 25.1 Å².